The Morgan fingerprint density at radius 1 is 0.733 bits per heavy atom. The molecule has 15 heavy (non-hydrogen) atoms. The zero-order valence-electron chi connectivity index (χ0n) is 8.45. The summed E-state index contributed by atoms with van der Waals surface area (Å²) in [4.78, 5) is 0. The first kappa shape index (κ1) is 11.4. The van der Waals surface area contributed by atoms with Gasteiger partial charge in [-0.1, -0.05) is 48.5 Å². The molecule has 0 atom stereocenters. The average Bonchev–Trinajstić information content (AvgIpc) is 2.29. The Labute approximate surface area is 88.2 Å². The number of hydrogen-bond donors (Lipinski definition) is 0. The lowest BCUT2D eigenvalue weighted by molar-refractivity contribution is 0.503. The summed E-state index contributed by atoms with van der Waals surface area (Å²) in [5, 5.41) is 0. The molecule has 0 saturated heterocycles. The lowest BCUT2D eigenvalue weighted by Crippen LogP contribution is -1.85. The van der Waals surface area contributed by atoms with Crippen LogP contribution in [0.3, 0.4) is 0 Å². The molecule has 0 aromatic heterocycles. The molecule has 0 spiro atoms. The van der Waals surface area contributed by atoms with Gasteiger partial charge in [-0.05, 0) is 18.6 Å². The maximum Gasteiger partial charge on any atom is 0.161 e. The highest BCUT2D eigenvalue weighted by molar-refractivity contribution is 5.16. The van der Waals surface area contributed by atoms with Crippen LogP contribution < -0.4 is 0 Å². The highest BCUT2D eigenvalue weighted by atomic mass is 19.2. The average molecular weight is 206 g/mol. The van der Waals surface area contributed by atoms with Crippen LogP contribution in [0.5, 0.6) is 0 Å². The Morgan fingerprint density at radius 3 is 1.53 bits per heavy atom. The molecular formula is C13H12F2. The first-order valence-corrected chi connectivity index (χ1v) is 4.62. The van der Waals surface area contributed by atoms with Crippen molar-refractivity contribution in [2.75, 3.05) is 0 Å². The van der Waals surface area contributed by atoms with Gasteiger partial charge in [-0.25, -0.2) is 8.78 Å². The molecule has 0 aliphatic heterocycles. The summed E-state index contributed by atoms with van der Waals surface area (Å²) in [6, 6.07) is 16.1. The van der Waals surface area contributed by atoms with Crippen molar-refractivity contribution < 1.29 is 8.78 Å². The molecule has 0 aliphatic rings. The van der Waals surface area contributed by atoms with Gasteiger partial charge in [0.15, 0.2) is 11.6 Å². The fourth-order valence-electron chi connectivity index (χ4n) is 0.997. The van der Waals surface area contributed by atoms with E-state index in [2.05, 4.69) is 0 Å². The summed E-state index contributed by atoms with van der Waals surface area (Å²) >= 11 is 0. The monoisotopic (exact) mass is 206 g/mol. The molecule has 0 fully saturated rings. The van der Waals surface area contributed by atoms with Crippen LogP contribution in [-0.4, -0.2) is 0 Å². The summed E-state index contributed by atoms with van der Waals surface area (Å²) in [5.41, 5.74) is 0.343. The van der Waals surface area contributed by atoms with Crippen molar-refractivity contribution in [2.45, 2.75) is 6.92 Å². The van der Waals surface area contributed by atoms with Gasteiger partial charge < -0.3 is 0 Å². The number of rotatable bonds is 0. The zero-order chi connectivity index (χ0) is 11.1. The molecule has 0 aliphatic carbocycles. The molecule has 0 heterocycles. The molecule has 0 radical (unpaired) electrons. The predicted molar refractivity (Wildman–Crippen MR) is 57.5 cm³/mol. The summed E-state index contributed by atoms with van der Waals surface area (Å²) in [6.45, 7) is 1.53. The zero-order valence-corrected chi connectivity index (χ0v) is 8.45. The van der Waals surface area contributed by atoms with Gasteiger partial charge in [0.25, 0.3) is 0 Å². The van der Waals surface area contributed by atoms with E-state index in [1.54, 1.807) is 0 Å². The van der Waals surface area contributed by atoms with Crippen LogP contribution in [0, 0.1) is 18.6 Å². The van der Waals surface area contributed by atoms with E-state index < -0.39 is 11.6 Å². The van der Waals surface area contributed by atoms with Crippen molar-refractivity contribution >= 4 is 0 Å². The molecule has 0 amide bonds. The first-order chi connectivity index (χ1) is 7.22. The van der Waals surface area contributed by atoms with E-state index >= 15 is 0 Å². The molecule has 78 valence electrons. The van der Waals surface area contributed by atoms with Crippen molar-refractivity contribution in [1.29, 1.82) is 0 Å². The van der Waals surface area contributed by atoms with Crippen LogP contribution in [0.4, 0.5) is 8.78 Å². The number of benzene rings is 2. The van der Waals surface area contributed by atoms with Gasteiger partial charge in [-0.2, -0.15) is 0 Å². The molecule has 0 unspecified atom stereocenters. The molecule has 0 saturated carbocycles. The van der Waals surface area contributed by atoms with E-state index in [9.17, 15) is 8.78 Å². The van der Waals surface area contributed by atoms with E-state index in [0.717, 1.165) is 6.07 Å². The number of hydrogen-bond acceptors (Lipinski definition) is 0. The van der Waals surface area contributed by atoms with E-state index in [-0.39, 0.29) is 0 Å². The van der Waals surface area contributed by atoms with E-state index in [0.29, 0.717) is 5.56 Å². The smallest absolute Gasteiger partial charge is 0.161 e. The largest absolute Gasteiger partial charge is 0.204 e. The normalized spacial score (nSPS) is 9.00. The third kappa shape index (κ3) is 3.90. The van der Waals surface area contributed by atoms with Crippen molar-refractivity contribution in [1.82, 2.24) is 0 Å². The SMILES string of the molecule is Cc1cccc(F)c1F.c1ccccc1. The lowest BCUT2D eigenvalue weighted by atomic mass is 10.2. The van der Waals surface area contributed by atoms with Crippen LogP contribution in [0.2, 0.25) is 0 Å². The quantitative estimate of drug-likeness (QED) is 0.612. The standard InChI is InChI=1S/C7H6F2.C6H6/c1-5-3-2-4-6(8)7(5)9;1-2-4-6-5-3-1/h2-4H,1H3;1-6H. The molecule has 2 aromatic carbocycles. The van der Waals surface area contributed by atoms with Crippen LogP contribution in [0.25, 0.3) is 0 Å². The van der Waals surface area contributed by atoms with Crippen molar-refractivity contribution in [3.05, 3.63) is 71.8 Å². The van der Waals surface area contributed by atoms with Gasteiger partial charge in [0.05, 0.1) is 0 Å². The molecule has 2 aromatic rings. The van der Waals surface area contributed by atoms with E-state index in [4.69, 9.17) is 0 Å². The Kier molecular flexibility index (Phi) is 4.48. The van der Waals surface area contributed by atoms with E-state index in [1.807, 2.05) is 36.4 Å². The van der Waals surface area contributed by atoms with Gasteiger partial charge in [-0.3, -0.25) is 0 Å². The molecule has 0 bridgehead atoms. The Balaban J connectivity index is 0.000000162. The maximum atomic E-state index is 12.4. The highest BCUT2D eigenvalue weighted by Crippen LogP contribution is 2.08. The number of aryl methyl sites for hydroxylation is 1. The minimum atomic E-state index is -0.782. The van der Waals surface area contributed by atoms with Crippen molar-refractivity contribution in [2.24, 2.45) is 0 Å². The number of halogens is 2. The maximum absolute atomic E-state index is 12.4. The van der Waals surface area contributed by atoms with Crippen LogP contribution in [0.15, 0.2) is 54.6 Å². The predicted octanol–water partition coefficient (Wildman–Crippen LogP) is 3.96. The molecular weight excluding hydrogens is 194 g/mol. The van der Waals surface area contributed by atoms with Gasteiger partial charge in [0.2, 0.25) is 0 Å². The highest BCUT2D eigenvalue weighted by Gasteiger charge is 2.00. The summed E-state index contributed by atoms with van der Waals surface area (Å²) in [5.74, 6) is -1.53. The first-order valence-electron chi connectivity index (χ1n) is 4.62. The minimum Gasteiger partial charge on any atom is -0.204 e. The summed E-state index contributed by atoms with van der Waals surface area (Å²) in [7, 11) is 0. The molecule has 0 nitrogen and oxygen atoms in total. The summed E-state index contributed by atoms with van der Waals surface area (Å²) < 4.78 is 24.6. The fourth-order valence-corrected chi connectivity index (χ4v) is 0.997. The van der Waals surface area contributed by atoms with Crippen molar-refractivity contribution in [3.63, 3.8) is 0 Å². The van der Waals surface area contributed by atoms with Crippen LogP contribution in [0.1, 0.15) is 5.56 Å². The topological polar surface area (TPSA) is 0 Å². The van der Waals surface area contributed by atoms with Crippen molar-refractivity contribution in [3.8, 4) is 0 Å². The van der Waals surface area contributed by atoms with Crippen LogP contribution in [-0.2, 0) is 0 Å². The Bertz CT molecular complexity index is 350. The van der Waals surface area contributed by atoms with Gasteiger partial charge in [-0.15, -0.1) is 0 Å². The molecule has 0 N–H and O–H groups in total. The van der Waals surface area contributed by atoms with E-state index in [1.165, 1.54) is 19.1 Å². The molecule has 2 rings (SSSR count). The third-order valence-electron chi connectivity index (χ3n) is 1.81. The van der Waals surface area contributed by atoms with Gasteiger partial charge >= 0.3 is 0 Å². The second kappa shape index (κ2) is 5.91. The van der Waals surface area contributed by atoms with Crippen LogP contribution >= 0.6 is 0 Å². The minimum absolute atomic E-state index is 0.343. The summed E-state index contributed by atoms with van der Waals surface area (Å²) in [6.07, 6.45) is 0. The van der Waals surface area contributed by atoms with Gasteiger partial charge in [0.1, 0.15) is 0 Å². The second-order valence-electron chi connectivity index (χ2n) is 3.03. The Hall–Kier alpha value is -1.70. The fraction of sp³-hybridized carbons (Fsp3) is 0.0769. The third-order valence-corrected chi connectivity index (χ3v) is 1.81. The second-order valence-corrected chi connectivity index (χ2v) is 3.03. The van der Waals surface area contributed by atoms with Gasteiger partial charge in [0, 0.05) is 0 Å². The lowest BCUT2D eigenvalue weighted by Gasteiger charge is -1.93. The Morgan fingerprint density at radius 2 is 1.20 bits per heavy atom. The molecule has 2 heteroatoms.